The summed E-state index contributed by atoms with van der Waals surface area (Å²) in [5.41, 5.74) is 1.81. The summed E-state index contributed by atoms with van der Waals surface area (Å²) in [5, 5.41) is 0. The van der Waals surface area contributed by atoms with Crippen LogP contribution < -0.4 is 4.74 Å². The second-order valence-electron chi connectivity index (χ2n) is 5.78. The van der Waals surface area contributed by atoms with Crippen LogP contribution >= 0.6 is 0 Å². The van der Waals surface area contributed by atoms with E-state index in [9.17, 15) is 0 Å². The van der Waals surface area contributed by atoms with Crippen LogP contribution in [-0.2, 0) is 10.3 Å². The predicted molar refractivity (Wildman–Crippen MR) is 90.4 cm³/mol. The standard InChI is InChI=1S/C19H25NO2/c1-19(22-15-14-20(2)3,16-8-6-5-7-9-16)17-10-12-18(21-4)13-11-17/h5-13H,14-15H2,1-4H3. The summed E-state index contributed by atoms with van der Waals surface area (Å²) in [7, 11) is 5.78. The zero-order valence-electron chi connectivity index (χ0n) is 13.9. The Bertz CT molecular complexity index is 566. The van der Waals surface area contributed by atoms with E-state index >= 15 is 0 Å². The molecule has 22 heavy (non-hydrogen) atoms. The van der Waals surface area contributed by atoms with Gasteiger partial charge in [-0.05, 0) is 44.3 Å². The molecule has 1 atom stereocenters. The molecule has 0 aliphatic carbocycles. The molecule has 0 amide bonds. The number of benzene rings is 2. The van der Waals surface area contributed by atoms with Gasteiger partial charge in [0.05, 0.1) is 13.7 Å². The van der Waals surface area contributed by atoms with E-state index < -0.39 is 5.60 Å². The van der Waals surface area contributed by atoms with Crippen LogP contribution in [0.2, 0.25) is 0 Å². The van der Waals surface area contributed by atoms with Crippen LogP contribution in [-0.4, -0.2) is 39.3 Å². The first-order valence-electron chi connectivity index (χ1n) is 7.55. The Morgan fingerprint density at radius 3 is 2.05 bits per heavy atom. The smallest absolute Gasteiger partial charge is 0.118 e. The zero-order valence-corrected chi connectivity index (χ0v) is 13.9. The van der Waals surface area contributed by atoms with E-state index in [2.05, 4.69) is 50.2 Å². The lowest BCUT2D eigenvalue weighted by atomic mass is 9.88. The fourth-order valence-electron chi connectivity index (χ4n) is 2.43. The van der Waals surface area contributed by atoms with Crippen LogP contribution in [0.1, 0.15) is 18.1 Å². The van der Waals surface area contributed by atoms with Crippen molar-refractivity contribution in [3.63, 3.8) is 0 Å². The van der Waals surface area contributed by atoms with Gasteiger partial charge in [-0.25, -0.2) is 0 Å². The fraction of sp³-hybridized carbons (Fsp3) is 0.368. The van der Waals surface area contributed by atoms with Crippen LogP contribution in [0.5, 0.6) is 5.75 Å². The molecule has 118 valence electrons. The average molecular weight is 299 g/mol. The van der Waals surface area contributed by atoms with Gasteiger partial charge in [-0.3, -0.25) is 0 Å². The van der Waals surface area contributed by atoms with Crippen LogP contribution in [0.15, 0.2) is 54.6 Å². The highest BCUT2D eigenvalue weighted by atomic mass is 16.5. The SMILES string of the molecule is COc1ccc(C(C)(OCCN(C)C)c2ccccc2)cc1. The lowest BCUT2D eigenvalue weighted by molar-refractivity contribution is -0.0101. The van der Waals surface area contributed by atoms with Gasteiger partial charge >= 0.3 is 0 Å². The van der Waals surface area contributed by atoms with E-state index in [1.54, 1.807) is 7.11 Å². The highest BCUT2D eigenvalue weighted by Crippen LogP contribution is 2.34. The van der Waals surface area contributed by atoms with Crippen molar-refractivity contribution in [3.05, 3.63) is 65.7 Å². The lowest BCUT2D eigenvalue weighted by Gasteiger charge is -2.32. The number of rotatable bonds is 7. The molecule has 0 fully saturated rings. The van der Waals surface area contributed by atoms with Crippen molar-refractivity contribution in [2.45, 2.75) is 12.5 Å². The second kappa shape index (κ2) is 7.43. The van der Waals surface area contributed by atoms with Crippen molar-refractivity contribution in [3.8, 4) is 5.75 Å². The van der Waals surface area contributed by atoms with Gasteiger partial charge < -0.3 is 14.4 Å². The molecule has 0 heterocycles. The van der Waals surface area contributed by atoms with Gasteiger partial charge in [-0.2, -0.15) is 0 Å². The minimum Gasteiger partial charge on any atom is -0.497 e. The summed E-state index contributed by atoms with van der Waals surface area (Å²) < 4.78 is 11.6. The molecule has 0 aliphatic rings. The Morgan fingerprint density at radius 1 is 0.909 bits per heavy atom. The van der Waals surface area contributed by atoms with Crippen molar-refractivity contribution < 1.29 is 9.47 Å². The lowest BCUT2D eigenvalue weighted by Crippen LogP contribution is -2.31. The maximum Gasteiger partial charge on any atom is 0.118 e. The minimum atomic E-state index is -0.469. The molecule has 0 spiro atoms. The van der Waals surface area contributed by atoms with E-state index in [0.29, 0.717) is 6.61 Å². The van der Waals surface area contributed by atoms with Gasteiger partial charge in [0.25, 0.3) is 0 Å². The number of nitrogens with zero attached hydrogens (tertiary/aromatic N) is 1. The molecule has 1 unspecified atom stereocenters. The van der Waals surface area contributed by atoms with E-state index in [1.807, 2.05) is 30.3 Å². The maximum absolute atomic E-state index is 6.30. The molecule has 0 aromatic heterocycles. The van der Waals surface area contributed by atoms with E-state index in [1.165, 1.54) is 0 Å². The average Bonchev–Trinajstić information content (AvgIpc) is 2.55. The molecule has 3 nitrogen and oxygen atoms in total. The molecule has 0 bridgehead atoms. The summed E-state index contributed by atoms with van der Waals surface area (Å²) in [4.78, 5) is 2.12. The number of ether oxygens (including phenoxy) is 2. The monoisotopic (exact) mass is 299 g/mol. The van der Waals surface area contributed by atoms with Crippen LogP contribution in [0, 0.1) is 0 Å². The van der Waals surface area contributed by atoms with Gasteiger partial charge in [0.1, 0.15) is 11.4 Å². The molecule has 3 heteroatoms. The van der Waals surface area contributed by atoms with Gasteiger partial charge in [-0.1, -0.05) is 42.5 Å². The number of hydrogen-bond acceptors (Lipinski definition) is 3. The minimum absolute atomic E-state index is 0.469. The van der Waals surface area contributed by atoms with E-state index in [-0.39, 0.29) is 0 Å². The second-order valence-corrected chi connectivity index (χ2v) is 5.78. The molecule has 0 saturated carbocycles. The van der Waals surface area contributed by atoms with Gasteiger partial charge in [0.15, 0.2) is 0 Å². The third-order valence-corrected chi connectivity index (χ3v) is 3.89. The molecule has 2 aromatic carbocycles. The first-order chi connectivity index (χ1) is 10.6. The summed E-state index contributed by atoms with van der Waals surface area (Å²) >= 11 is 0. The third kappa shape index (κ3) is 3.87. The molecule has 0 aliphatic heterocycles. The summed E-state index contributed by atoms with van der Waals surface area (Å²) in [5.74, 6) is 0.854. The Labute approximate surface area is 133 Å². The van der Waals surface area contributed by atoms with Crippen molar-refractivity contribution >= 4 is 0 Å². The Hall–Kier alpha value is -1.84. The summed E-state index contributed by atoms with van der Waals surface area (Å²) in [6.07, 6.45) is 0. The van der Waals surface area contributed by atoms with Crippen LogP contribution in [0.3, 0.4) is 0 Å². The first-order valence-corrected chi connectivity index (χ1v) is 7.55. The summed E-state index contributed by atoms with van der Waals surface area (Å²) in [6, 6.07) is 18.4. The Balaban J connectivity index is 2.31. The first kappa shape index (κ1) is 16.5. The van der Waals surface area contributed by atoms with Gasteiger partial charge in [-0.15, -0.1) is 0 Å². The van der Waals surface area contributed by atoms with Crippen LogP contribution in [0.4, 0.5) is 0 Å². The van der Waals surface area contributed by atoms with Crippen LogP contribution in [0.25, 0.3) is 0 Å². The van der Waals surface area contributed by atoms with E-state index in [4.69, 9.17) is 9.47 Å². The highest BCUT2D eigenvalue weighted by Gasteiger charge is 2.29. The quantitative estimate of drug-likeness (QED) is 0.780. The number of methoxy groups -OCH3 is 1. The molecule has 0 radical (unpaired) electrons. The van der Waals surface area contributed by atoms with E-state index in [0.717, 1.165) is 23.4 Å². The fourth-order valence-corrected chi connectivity index (χ4v) is 2.43. The topological polar surface area (TPSA) is 21.7 Å². The third-order valence-electron chi connectivity index (χ3n) is 3.89. The molecular formula is C19H25NO2. The predicted octanol–water partition coefficient (Wildman–Crippen LogP) is 3.54. The number of hydrogen-bond donors (Lipinski definition) is 0. The zero-order chi connectivity index (χ0) is 16.0. The Morgan fingerprint density at radius 2 is 1.50 bits per heavy atom. The van der Waals surface area contributed by atoms with Crippen molar-refractivity contribution in [1.29, 1.82) is 0 Å². The molecule has 0 N–H and O–H groups in total. The normalized spacial score (nSPS) is 13.9. The maximum atomic E-state index is 6.30. The molecular weight excluding hydrogens is 274 g/mol. The van der Waals surface area contributed by atoms with Crippen molar-refractivity contribution in [2.75, 3.05) is 34.4 Å². The number of likely N-dealkylation sites (N-methyl/N-ethyl adjacent to an activating group) is 1. The molecule has 0 saturated heterocycles. The summed E-state index contributed by atoms with van der Waals surface area (Å²) in [6.45, 7) is 3.68. The van der Waals surface area contributed by atoms with Gasteiger partial charge in [0.2, 0.25) is 0 Å². The molecule has 2 rings (SSSR count). The highest BCUT2D eigenvalue weighted by molar-refractivity contribution is 5.38. The Kier molecular flexibility index (Phi) is 5.58. The molecule has 2 aromatic rings. The van der Waals surface area contributed by atoms with Crippen molar-refractivity contribution in [1.82, 2.24) is 4.90 Å². The van der Waals surface area contributed by atoms with Crippen molar-refractivity contribution in [2.24, 2.45) is 0 Å². The largest absolute Gasteiger partial charge is 0.497 e. The van der Waals surface area contributed by atoms with Gasteiger partial charge in [0, 0.05) is 6.54 Å².